The Kier molecular flexibility index (Phi) is 7.21. The highest BCUT2D eigenvalue weighted by Gasteiger charge is 2.17. The average Bonchev–Trinajstić information content (AvgIpc) is 2.82. The quantitative estimate of drug-likeness (QED) is 0.623. The summed E-state index contributed by atoms with van der Waals surface area (Å²) in [4.78, 5) is 13.9. The highest BCUT2D eigenvalue weighted by Crippen LogP contribution is 2.10. The predicted molar refractivity (Wildman–Crippen MR) is 71.1 cm³/mol. The molecule has 0 aromatic heterocycles. The molecule has 1 fully saturated rings. The number of hydrogen-bond donors (Lipinski definition) is 2. The Morgan fingerprint density at radius 3 is 2.71 bits per heavy atom. The summed E-state index contributed by atoms with van der Waals surface area (Å²) in [6.45, 7) is 8.94. The molecule has 17 heavy (non-hydrogen) atoms. The molecule has 1 amide bonds. The van der Waals surface area contributed by atoms with Crippen LogP contribution in [0, 0.1) is 0 Å². The lowest BCUT2D eigenvalue weighted by atomic mass is 10.3. The maximum atomic E-state index is 11.4. The van der Waals surface area contributed by atoms with Crippen LogP contribution >= 0.6 is 0 Å². The largest absolute Gasteiger partial charge is 0.355 e. The molecule has 4 heteroatoms. The lowest BCUT2D eigenvalue weighted by Crippen LogP contribution is -2.42. The van der Waals surface area contributed by atoms with E-state index in [0.29, 0.717) is 12.6 Å². The third-order valence-electron chi connectivity index (χ3n) is 3.34. The minimum absolute atomic E-state index is 0.118. The first kappa shape index (κ1) is 14.5. The van der Waals surface area contributed by atoms with E-state index in [2.05, 4.69) is 29.4 Å². The third-order valence-corrected chi connectivity index (χ3v) is 3.34. The molecule has 1 aliphatic heterocycles. The standard InChI is InChI=1S/C13H27N3O/c1-3-4-7-15-13(17)11-14-10-12(2)16-8-5-6-9-16/h12,14H,3-11H2,1-2H3,(H,15,17). The van der Waals surface area contributed by atoms with Gasteiger partial charge in [0.15, 0.2) is 0 Å². The van der Waals surface area contributed by atoms with E-state index >= 15 is 0 Å². The van der Waals surface area contributed by atoms with Crippen molar-refractivity contribution >= 4 is 5.91 Å². The van der Waals surface area contributed by atoms with Crippen LogP contribution in [0.25, 0.3) is 0 Å². The maximum Gasteiger partial charge on any atom is 0.233 e. The van der Waals surface area contributed by atoms with E-state index in [1.807, 2.05) is 0 Å². The van der Waals surface area contributed by atoms with Crippen LogP contribution in [-0.4, -0.2) is 49.6 Å². The van der Waals surface area contributed by atoms with E-state index in [1.165, 1.54) is 25.9 Å². The van der Waals surface area contributed by atoms with Gasteiger partial charge < -0.3 is 10.6 Å². The fourth-order valence-electron chi connectivity index (χ4n) is 2.17. The number of carbonyl (C=O) groups is 1. The second-order valence-electron chi connectivity index (χ2n) is 4.93. The summed E-state index contributed by atoms with van der Waals surface area (Å²) >= 11 is 0. The van der Waals surface area contributed by atoms with E-state index in [9.17, 15) is 4.79 Å². The van der Waals surface area contributed by atoms with Gasteiger partial charge in [0.2, 0.25) is 5.91 Å². The molecule has 0 bridgehead atoms. The minimum Gasteiger partial charge on any atom is -0.355 e. The average molecular weight is 241 g/mol. The summed E-state index contributed by atoms with van der Waals surface area (Å²) in [6, 6.07) is 0.543. The normalized spacial score (nSPS) is 18.2. The summed E-state index contributed by atoms with van der Waals surface area (Å²) in [5.74, 6) is 0.118. The SMILES string of the molecule is CCCCNC(=O)CNCC(C)N1CCCC1. The van der Waals surface area contributed by atoms with Crippen LogP contribution in [0.3, 0.4) is 0 Å². The van der Waals surface area contributed by atoms with Gasteiger partial charge in [-0.25, -0.2) is 0 Å². The number of unbranched alkanes of at least 4 members (excludes halogenated alkanes) is 1. The zero-order valence-corrected chi connectivity index (χ0v) is 11.3. The molecule has 1 rings (SSSR count). The number of hydrogen-bond acceptors (Lipinski definition) is 3. The second kappa shape index (κ2) is 8.48. The van der Waals surface area contributed by atoms with Crippen LogP contribution < -0.4 is 10.6 Å². The molecule has 1 heterocycles. The van der Waals surface area contributed by atoms with E-state index in [4.69, 9.17) is 0 Å². The van der Waals surface area contributed by atoms with Gasteiger partial charge in [-0.1, -0.05) is 13.3 Å². The molecule has 1 atom stereocenters. The maximum absolute atomic E-state index is 11.4. The van der Waals surface area contributed by atoms with E-state index in [0.717, 1.165) is 25.9 Å². The number of likely N-dealkylation sites (tertiary alicyclic amines) is 1. The monoisotopic (exact) mass is 241 g/mol. The van der Waals surface area contributed by atoms with Gasteiger partial charge in [-0.05, 0) is 39.3 Å². The van der Waals surface area contributed by atoms with Crippen molar-refractivity contribution in [2.75, 3.05) is 32.7 Å². The lowest BCUT2D eigenvalue weighted by Gasteiger charge is -2.23. The minimum atomic E-state index is 0.118. The van der Waals surface area contributed by atoms with Crippen LogP contribution in [0.2, 0.25) is 0 Å². The lowest BCUT2D eigenvalue weighted by molar-refractivity contribution is -0.120. The van der Waals surface area contributed by atoms with E-state index in [1.54, 1.807) is 0 Å². The molecule has 1 unspecified atom stereocenters. The first-order chi connectivity index (χ1) is 8.24. The summed E-state index contributed by atoms with van der Waals surface area (Å²) < 4.78 is 0. The summed E-state index contributed by atoms with van der Waals surface area (Å²) in [7, 11) is 0. The fraction of sp³-hybridized carbons (Fsp3) is 0.923. The highest BCUT2D eigenvalue weighted by molar-refractivity contribution is 5.77. The van der Waals surface area contributed by atoms with Gasteiger partial charge in [0, 0.05) is 19.1 Å². The van der Waals surface area contributed by atoms with Crippen LogP contribution in [0.15, 0.2) is 0 Å². The zero-order valence-electron chi connectivity index (χ0n) is 11.3. The van der Waals surface area contributed by atoms with Crippen molar-refractivity contribution in [2.45, 2.75) is 45.6 Å². The van der Waals surface area contributed by atoms with Crippen LogP contribution in [-0.2, 0) is 4.79 Å². The number of amides is 1. The van der Waals surface area contributed by atoms with Crippen LogP contribution in [0.1, 0.15) is 39.5 Å². The van der Waals surface area contributed by atoms with Crippen molar-refractivity contribution in [3.05, 3.63) is 0 Å². The Labute approximate surface area is 105 Å². The number of nitrogens with one attached hydrogen (secondary N) is 2. The molecule has 0 aliphatic carbocycles. The van der Waals surface area contributed by atoms with Crippen molar-refractivity contribution in [2.24, 2.45) is 0 Å². The smallest absolute Gasteiger partial charge is 0.233 e. The van der Waals surface area contributed by atoms with Gasteiger partial charge in [0.05, 0.1) is 6.54 Å². The summed E-state index contributed by atoms with van der Waals surface area (Å²) in [5.41, 5.74) is 0. The Bertz CT molecular complexity index is 215. The molecular formula is C13H27N3O. The van der Waals surface area contributed by atoms with Crippen molar-refractivity contribution in [3.63, 3.8) is 0 Å². The van der Waals surface area contributed by atoms with Crippen molar-refractivity contribution < 1.29 is 4.79 Å². The van der Waals surface area contributed by atoms with Gasteiger partial charge in [-0.2, -0.15) is 0 Å². The Morgan fingerprint density at radius 1 is 1.35 bits per heavy atom. The second-order valence-corrected chi connectivity index (χ2v) is 4.93. The molecule has 0 aromatic carbocycles. The Hall–Kier alpha value is -0.610. The number of nitrogens with zero attached hydrogens (tertiary/aromatic N) is 1. The topological polar surface area (TPSA) is 44.4 Å². The van der Waals surface area contributed by atoms with Gasteiger partial charge in [0.1, 0.15) is 0 Å². The molecule has 4 nitrogen and oxygen atoms in total. The first-order valence-corrected chi connectivity index (χ1v) is 6.95. The highest BCUT2D eigenvalue weighted by atomic mass is 16.1. The summed E-state index contributed by atoms with van der Waals surface area (Å²) in [6.07, 6.45) is 4.83. The predicted octanol–water partition coefficient (Wildman–Crippen LogP) is 0.977. The van der Waals surface area contributed by atoms with Crippen molar-refractivity contribution in [1.82, 2.24) is 15.5 Å². The van der Waals surface area contributed by atoms with E-state index < -0.39 is 0 Å². The molecule has 2 N–H and O–H groups in total. The van der Waals surface area contributed by atoms with Crippen molar-refractivity contribution in [3.8, 4) is 0 Å². The summed E-state index contributed by atoms with van der Waals surface area (Å²) in [5, 5.41) is 6.15. The molecule has 0 radical (unpaired) electrons. The van der Waals surface area contributed by atoms with Crippen LogP contribution in [0.4, 0.5) is 0 Å². The number of carbonyl (C=O) groups excluding carboxylic acids is 1. The molecule has 0 aromatic rings. The van der Waals surface area contributed by atoms with E-state index in [-0.39, 0.29) is 5.91 Å². The van der Waals surface area contributed by atoms with Gasteiger partial charge >= 0.3 is 0 Å². The molecule has 1 saturated heterocycles. The van der Waals surface area contributed by atoms with Crippen LogP contribution in [0.5, 0.6) is 0 Å². The van der Waals surface area contributed by atoms with Gasteiger partial charge in [-0.3, -0.25) is 9.69 Å². The van der Waals surface area contributed by atoms with Gasteiger partial charge in [-0.15, -0.1) is 0 Å². The molecule has 100 valence electrons. The van der Waals surface area contributed by atoms with Gasteiger partial charge in [0.25, 0.3) is 0 Å². The molecule has 0 spiro atoms. The first-order valence-electron chi connectivity index (χ1n) is 6.95. The molecular weight excluding hydrogens is 214 g/mol. The third kappa shape index (κ3) is 6.03. The fourth-order valence-corrected chi connectivity index (χ4v) is 2.17. The zero-order chi connectivity index (χ0) is 12.5. The molecule has 1 aliphatic rings. The number of rotatable bonds is 8. The Balaban J connectivity index is 2.00. The molecule has 0 saturated carbocycles. The van der Waals surface area contributed by atoms with Crippen molar-refractivity contribution in [1.29, 1.82) is 0 Å². The Morgan fingerprint density at radius 2 is 2.06 bits per heavy atom.